The van der Waals surface area contributed by atoms with Gasteiger partial charge in [-0.25, -0.2) is 18.7 Å². The van der Waals surface area contributed by atoms with E-state index in [2.05, 4.69) is 4.98 Å². The zero-order chi connectivity index (χ0) is 23.4. The Hall–Kier alpha value is -3.46. The second kappa shape index (κ2) is 9.99. The molecule has 2 heterocycles. The Morgan fingerprint density at radius 3 is 2.73 bits per heavy atom. The predicted molar refractivity (Wildman–Crippen MR) is 125 cm³/mol. The van der Waals surface area contributed by atoms with Gasteiger partial charge >= 0.3 is 0 Å². The van der Waals surface area contributed by atoms with Gasteiger partial charge < -0.3 is 9.64 Å². The fraction of sp³-hybridized carbons (Fsp3) is 0.208. The number of rotatable bonds is 7. The lowest BCUT2D eigenvalue weighted by Gasteiger charge is -2.20. The van der Waals surface area contributed by atoms with Crippen LogP contribution in [-0.4, -0.2) is 40.6 Å². The summed E-state index contributed by atoms with van der Waals surface area (Å²) in [4.78, 5) is 22.0. The number of amides is 1. The van der Waals surface area contributed by atoms with Crippen molar-refractivity contribution in [2.24, 2.45) is 0 Å². The monoisotopic (exact) mass is 468 g/mol. The number of aryl methyl sites for hydroxylation is 1. The average molecular weight is 469 g/mol. The highest BCUT2D eigenvalue weighted by atomic mass is 32.2. The first-order chi connectivity index (χ1) is 16.0. The molecule has 1 aliphatic heterocycles. The molecular weight excluding hydrogens is 446 g/mol. The normalized spacial score (nSPS) is 13.8. The van der Waals surface area contributed by atoms with E-state index in [4.69, 9.17) is 9.72 Å². The van der Waals surface area contributed by atoms with E-state index < -0.39 is 11.6 Å². The third kappa shape index (κ3) is 5.14. The van der Waals surface area contributed by atoms with Crippen molar-refractivity contribution in [1.82, 2.24) is 14.9 Å². The molecule has 1 fully saturated rings. The van der Waals surface area contributed by atoms with E-state index in [0.29, 0.717) is 23.6 Å². The molecule has 0 radical (unpaired) electrons. The molecule has 0 bridgehead atoms. The van der Waals surface area contributed by atoms with Crippen LogP contribution < -0.4 is 9.04 Å². The summed E-state index contributed by atoms with van der Waals surface area (Å²) in [7, 11) is 1.61. The van der Waals surface area contributed by atoms with Crippen molar-refractivity contribution in [1.29, 1.82) is 0 Å². The standard InChI is InChI=1S/C24H22F2N4O2S/c1-16-6-3-4-7-18(16)19(14-29(2)15-31)23-22(32-21-9-8-17(25)12-20(21)26)13-27-24(28-23)30-10-5-11-33-30/h3-4,6-9,12-15H,5,10-11H2,1-2H3/b19-14+. The van der Waals surface area contributed by atoms with Crippen LogP contribution in [0.25, 0.3) is 5.57 Å². The van der Waals surface area contributed by atoms with Gasteiger partial charge in [0.05, 0.1) is 6.20 Å². The third-order valence-electron chi connectivity index (χ3n) is 5.02. The highest BCUT2D eigenvalue weighted by Crippen LogP contribution is 2.37. The van der Waals surface area contributed by atoms with Gasteiger partial charge in [0.25, 0.3) is 0 Å². The summed E-state index contributed by atoms with van der Waals surface area (Å²) < 4.78 is 35.6. The third-order valence-corrected chi connectivity index (χ3v) is 6.15. The molecule has 1 aromatic heterocycles. The Morgan fingerprint density at radius 1 is 1.21 bits per heavy atom. The molecule has 33 heavy (non-hydrogen) atoms. The number of benzene rings is 2. The Labute approximate surface area is 195 Å². The number of ether oxygens (including phenoxy) is 1. The first-order valence-corrected chi connectivity index (χ1v) is 11.3. The van der Waals surface area contributed by atoms with Gasteiger partial charge in [0.1, 0.15) is 11.5 Å². The smallest absolute Gasteiger partial charge is 0.236 e. The summed E-state index contributed by atoms with van der Waals surface area (Å²) in [6.07, 6.45) is 4.81. The fourth-order valence-corrected chi connectivity index (χ4v) is 4.34. The molecule has 1 saturated heterocycles. The quantitative estimate of drug-likeness (QED) is 0.351. The lowest BCUT2D eigenvalue weighted by atomic mass is 9.98. The highest BCUT2D eigenvalue weighted by Gasteiger charge is 2.23. The topological polar surface area (TPSA) is 58.6 Å². The van der Waals surface area contributed by atoms with Crippen LogP contribution in [0.2, 0.25) is 0 Å². The molecule has 6 nitrogen and oxygen atoms in total. The van der Waals surface area contributed by atoms with Gasteiger partial charge in [-0.1, -0.05) is 24.3 Å². The molecule has 1 amide bonds. The van der Waals surface area contributed by atoms with Crippen molar-refractivity contribution in [3.05, 3.63) is 83.3 Å². The van der Waals surface area contributed by atoms with Crippen LogP contribution >= 0.6 is 11.9 Å². The maximum absolute atomic E-state index is 14.4. The van der Waals surface area contributed by atoms with Crippen molar-refractivity contribution in [3.63, 3.8) is 0 Å². The number of halogens is 2. The van der Waals surface area contributed by atoms with Crippen LogP contribution in [0.4, 0.5) is 14.7 Å². The van der Waals surface area contributed by atoms with Crippen molar-refractivity contribution in [2.45, 2.75) is 13.3 Å². The molecular formula is C24H22F2N4O2S. The summed E-state index contributed by atoms with van der Waals surface area (Å²) >= 11 is 1.63. The minimum atomic E-state index is -0.841. The van der Waals surface area contributed by atoms with E-state index in [1.807, 2.05) is 35.5 Å². The van der Waals surface area contributed by atoms with Crippen LogP contribution in [0.15, 0.2) is 54.9 Å². The summed E-state index contributed by atoms with van der Waals surface area (Å²) in [6.45, 7) is 2.75. The van der Waals surface area contributed by atoms with Crippen LogP contribution in [0, 0.1) is 18.6 Å². The zero-order valence-electron chi connectivity index (χ0n) is 18.2. The lowest BCUT2D eigenvalue weighted by molar-refractivity contribution is -0.114. The van der Waals surface area contributed by atoms with Crippen molar-refractivity contribution < 1.29 is 18.3 Å². The Balaban J connectivity index is 1.89. The minimum absolute atomic E-state index is 0.155. The van der Waals surface area contributed by atoms with Crippen LogP contribution in [0.5, 0.6) is 11.5 Å². The molecule has 0 N–H and O–H groups in total. The molecule has 0 aliphatic carbocycles. The molecule has 0 saturated carbocycles. The molecule has 0 unspecified atom stereocenters. The van der Waals surface area contributed by atoms with Gasteiger partial charge in [-0.2, -0.15) is 0 Å². The van der Waals surface area contributed by atoms with Crippen LogP contribution in [0.1, 0.15) is 23.2 Å². The largest absolute Gasteiger partial charge is 0.450 e. The van der Waals surface area contributed by atoms with Crippen molar-refractivity contribution in [3.8, 4) is 11.5 Å². The summed E-state index contributed by atoms with van der Waals surface area (Å²) in [5, 5.41) is 0. The molecule has 3 aromatic rings. The van der Waals surface area contributed by atoms with Gasteiger partial charge in [0.15, 0.2) is 17.3 Å². The first-order valence-electron chi connectivity index (χ1n) is 10.3. The predicted octanol–water partition coefficient (Wildman–Crippen LogP) is 5.19. The van der Waals surface area contributed by atoms with E-state index >= 15 is 0 Å². The van der Waals surface area contributed by atoms with Gasteiger partial charge in [-0.3, -0.25) is 9.10 Å². The molecule has 170 valence electrons. The zero-order valence-corrected chi connectivity index (χ0v) is 19.0. The van der Waals surface area contributed by atoms with Crippen LogP contribution in [0.3, 0.4) is 0 Å². The summed E-state index contributed by atoms with van der Waals surface area (Å²) in [6, 6.07) is 10.7. The SMILES string of the molecule is Cc1ccccc1/C(=C\N(C)C=O)c1nc(N2CCCS2)ncc1Oc1ccc(F)cc1F. The van der Waals surface area contributed by atoms with Crippen molar-refractivity contribution in [2.75, 3.05) is 23.7 Å². The number of aromatic nitrogens is 2. The fourth-order valence-electron chi connectivity index (χ4n) is 3.40. The molecule has 1 aliphatic rings. The summed E-state index contributed by atoms with van der Waals surface area (Å²) in [5.41, 5.74) is 2.78. The molecule has 0 atom stereocenters. The van der Waals surface area contributed by atoms with Gasteiger partial charge in [0, 0.05) is 37.2 Å². The number of anilines is 1. The second-order valence-electron chi connectivity index (χ2n) is 7.48. The van der Waals surface area contributed by atoms with E-state index in [0.717, 1.165) is 42.0 Å². The molecule has 0 spiro atoms. The van der Waals surface area contributed by atoms with Gasteiger partial charge in [-0.15, -0.1) is 0 Å². The lowest BCUT2D eigenvalue weighted by Crippen LogP contribution is -2.15. The van der Waals surface area contributed by atoms with Crippen molar-refractivity contribution >= 4 is 29.9 Å². The van der Waals surface area contributed by atoms with Gasteiger partial charge in [0.2, 0.25) is 12.4 Å². The number of hydrogen-bond acceptors (Lipinski definition) is 6. The van der Waals surface area contributed by atoms with Gasteiger partial charge in [-0.05, 0) is 48.6 Å². The van der Waals surface area contributed by atoms with E-state index in [9.17, 15) is 13.6 Å². The minimum Gasteiger partial charge on any atom is -0.450 e. The number of carbonyl (C=O) groups is 1. The molecule has 4 rings (SSSR count). The average Bonchev–Trinajstić information content (AvgIpc) is 3.35. The molecule has 9 heteroatoms. The highest BCUT2D eigenvalue weighted by molar-refractivity contribution is 8.00. The number of nitrogens with zero attached hydrogens (tertiary/aromatic N) is 4. The first kappa shape index (κ1) is 22.7. The second-order valence-corrected chi connectivity index (χ2v) is 8.58. The van der Waals surface area contributed by atoms with E-state index in [-0.39, 0.29) is 11.5 Å². The Kier molecular flexibility index (Phi) is 6.88. The Morgan fingerprint density at radius 2 is 2.03 bits per heavy atom. The molecule has 2 aromatic carbocycles. The maximum atomic E-state index is 14.4. The number of hydrogen-bond donors (Lipinski definition) is 0. The van der Waals surface area contributed by atoms with E-state index in [1.54, 1.807) is 25.2 Å². The van der Waals surface area contributed by atoms with Crippen LogP contribution in [-0.2, 0) is 4.79 Å². The maximum Gasteiger partial charge on any atom is 0.236 e. The summed E-state index contributed by atoms with van der Waals surface area (Å²) in [5.74, 6) is -0.0590. The van der Waals surface area contributed by atoms with E-state index in [1.165, 1.54) is 17.2 Å². The Bertz CT molecular complexity index is 1200. The number of carbonyl (C=O) groups excluding carboxylic acids is 1.